The summed E-state index contributed by atoms with van der Waals surface area (Å²) < 4.78 is 19.5. The van der Waals surface area contributed by atoms with Crippen molar-refractivity contribution in [1.29, 1.82) is 0 Å². The number of aromatic nitrogens is 1. The smallest absolute Gasteiger partial charge is 0.175 e. The summed E-state index contributed by atoms with van der Waals surface area (Å²) >= 11 is 5.82. The second kappa shape index (κ2) is 3.97. The van der Waals surface area contributed by atoms with Crippen LogP contribution in [0.3, 0.4) is 0 Å². The van der Waals surface area contributed by atoms with Crippen LogP contribution in [-0.2, 0) is 0 Å². The molecule has 1 aromatic carbocycles. The first-order valence-electron chi connectivity index (χ1n) is 6.11. The molecule has 2 aromatic rings. The van der Waals surface area contributed by atoms with E-state index in [1.807, 2.05) is 0 Å². The highest BCUT2D eigenvalue weighted by atomic mass is 35.5. The SMILES string of the molecule is CC1(C)CC1c1onc(N)c1-c1cccc(Cl)c1F. The quantitative estimate of drug-likeness (QED) is 0.895. The van der Waals surface area contributed by atoms with E-state index in [0.29, 0.717) is 16.9 Å². The molecule has 0 aliphatic heterocycles. The molecule has 100 valence electrons. The summed E-state index contributed by atoms with van der Waals surface area (Å²) in [5.74, 6) is 0.604. The van der Waals surface area contributed by atoms with Crippen LogP contribution in [0, 0.1) is 11.2 Å². The Bertz CT molecular complexity index is 651. The Balaban J connectivity index is 2.15. The van der Waals surface area contributed by atoms with Gasteiger partial charge in [0.15, 0.2) is 11.6 Å². The highest BCUT2D eigenvalue weighted by Gasteiger charge is 2.50. The maximum atomic E-state index is 14.1. The second-order valence-corrected chi connectivity index (χ2v) is 6.06. The topological polar surface area (TPSA) is 52.0 Å². The third kappa shape index (κ3) is 1.91. The molecule has 1 saturated carbocycles. The van der Waals surface area contributed by atoms with E-state index >= 15 is 0 Å². The molecule has 0 saturated heterocycles. The highest BCUT2D eigenvalue weighted by Crippen LogP contribution is 2.60. The molecular formula is C14H14ClFN2O. The van der Waals surface area contributed by atoms with Gasteiger partial charge in [0.2, 0.25) is 0 Å². The Morgan fingerprint density at radius 2 is 2.16 bits per heavy atom. The van der Waals surface area contributed by atoms with Crippen LogP contribution in [-0.4, -0.2) is 5.16 Å². The molecule has 2 N–H and O–H groups in total. The monoisotopic (exact) mass is 280 g/mol. The first-order valence-corrected chi connectivity index (χ1v) is 6.49. The number of halogens is 2. The molecule has 1 fully saturated rings. The van der Waals surface area contributed by atoms with Gasteiger partial charge in [0.1, 0.15) is 5.82 Å². The lowest BCUT2D eigenvalue weighted by Gasteiger charge is -2.06. The molecule has 3 rings (SSSR count). The average molecular weight is 281 g/mol. The largest absolute Gasteiger partial charge is 0.380 e. The molecule has 0 radical (unpaired) electrons. The highest BCUT2D eigenvalue weighted by molar-refractivity contribution is 6.31. The summed E-state index contributed by atoms with van der Waals surface area (Å²) in [7, 11) is 0. The van der Waals surface area contributed by atoms with E-state index in [0.717, 1.165) is 6.42 Å². The lowest BCUT2D eigenvalue weighted by Crippen LogP contribution is -1.95. The first kappa shape index (κ1) is 12.5. The molecule has 1 atom stereocenters. The summed E-state index contributed by atoms with van der Waals surface area (Å²) in [5.41, 5.74) is 6.87. The van der Waals surface area contributed by atoms with Crippen molar-refractivity contribution < 1.29 is 8.91 Å². The molecule has 5 heteroatoms. The van der Waals surface area contributed by atoms with Crippen molar-refractivity contribution in [2.45, 2.75) is 26.2 Å². The van der Waals surface area contributed by atoms with E-state index in [1.54, 1.807) is 12.1 Å². The first-order chi connectivity index (χ1) is 8.92. The normalized spacial score (nSPS) is 20.5. The van der Waals surface area contributed by atoms with Crippen LogP contribution >= 0.6 is 11.6 Å². The summed E-state index contributed by atoms with van der Waals surface area (Å²) in [4.78, 5) is 0. The standard InChI is InChI=1S/C14H14ClFN2O/c1-14(2)6-8(14)12-10(13(17)18-19-12)7-4-3-5-9(15)11(7)16/h3-5,8H,6H2,1-2H3,(H2,17,18). The zero-order chi connectivity index (χ0) is 13.8. The molecular weight excluding hydrogens is 267 g/mol. The van der Waals surface area contributed by atoms with Crippen molar-refractivity contribution in [3.63, 3.8) is 0 Å². The van der Waals surface area contributed by atoms with Crippen molar-refractivity contribution in [1.82, 2.24) is 5.16 Å². The molecule has 0 amide bonds. The van der Waals surface area contributed by atoms with Crippen molar-refractivity contribution in [3.05, 3.63) is 34.8 Å². The summed E-state index contributed by atoms with van der Waals surface area (Å²) in [6, 6.07) is 4.84. The van der Waals surface area contributed by atoms with Gasteiger partial charge in [-0.2, -0.15) is 0 Å². The predicted octanol–water partition coefficient (Wildman–Crippen LogP) is 4.23. The fourth-order valence-electron chi connectivity index (χ4n) is 2.44. The number of hydrogen-bond donors (Lipinski definition) is 1. The van der Waals surface area contributed by atoms with Crippen molar-refractivity contribution >= 4 is 17.4 Å². The van der Waals surface area contributed by atoms with Crippen LogP contribution in [0.25, 0.3) is 11.1 Å². The molecule has 1 unspecified atom stereocenters. The van der Waals surface area contributed by atoms with E-state index in [2.05, 4.69) is 19.0 Å². The van der Waals surface area contributed by atoms with Crippen molar-refractivity contribution in [2.75, 3.05) is 5.73 Å². The van der Waals surface area contributed by atoms with E-state index in [9.17, 15) is 4.39 Å². The van der Waals surface area contributed by atoms with Gasteiger partial charge in [0.25, 0.3) is 0 Å². The molecule has 0 spiro atoms. The van der Waals surface area contributed by atoms with Crippen LogP contribution < -0.4 is 5.73 Å². The summed E-state index contributed by atoms with van der Waals surface area (Å²) in [5, 5.41) is 3.85. The maximum Gasteiger partial charge on any atom is 0.175 e. The van der Waals surface area contributed by atoms with Gasteiger partial charge in [-0.05, 0) is 17.9 Å². The average Bonchev–Trinajstić information content (AvgIpc) is 2.80. The number of anilines is 1. The molecule has 0 bridgehead atoms. The van der Waals surface area contributed by atoms with Crippen LogP contribution in [0.15, 0.2) is 22.7 Å². The third-order valence-electron chi connectivity index (χ3n) is 3.80. The Labute approximate surface area is 115 Å². The second-order valence-electron chi connectivity index (χ2n) is 5.65. The Morgan fingerprint density at radius 1 is 1.47 bits per heavy atom. The maximum absolute atomic E-state index is 14.1. The van der Waals surface area contributed by atoms with Gasteiger partial charge in [0.05, 0.1) is 10.6 Å². The minimum atomic E-state index is -0.487. The van der Waals surface area contributed by atoms with Crippen molar-refractivity contribution in [3.8, 4) is 11.1 Å². The fourth-order valence-corrected chi connectivity index (χ4v) is 2.61. The number of nitrogens with two attached hydrogens (primary N) is 1. The zero-order valence-electron chi connectivity index (χ0n) is 10.7. The lowest BCUT2D eigenvalue weighted by atomic mass is 10.00. The summed E-state index contributed by atoms with van der Waals surface area (Å²) in [6.45, 7) is 4.27. The number of nitrogen functional groups attached to an aromatic ring is 1. The Morgan fingerprint density at radius 3 is 2.79 bits per heavy atom. The lowest BCUT2D eigenvalue weighted by molar-refractivity contribution is 0.376. The van der Waals surface area contributed by atoms with Crippen LogP contribution in [0.5, 0.6) is 0 Å². The van der Waals surface area contributed by atoms with E-state index in [-0.39, 0.29) is 22.2 Å². The Hall–Kier alpha value is -1.55. The number of nitrogens with zero attached hydrogens (tertiary/aromatic N) is 1. The van der Waals surface area contributed by atoms with Crippen molar-refractivity contribution in [2.24, 2.45) is 5.41 Å². The molecule has 1 aliphatic rings. The molecule has 1 heterocycles. The molecule has 1 aromatic heterocycles. The van der Waals surface area contributed by atoms with E-state index in [1.165, 1.54) is 6.07 Å². The third-order valence-corrected chi connectivity index (χ3v) is 4.09. The number of rotatable bonds is 2. The number of hydrogen-bond acceptors (Lipinski definition) is 3. The van der Waals surface area contributed by atoms with Gasteiger partial charge >= 0.3 is 0 Å². The van der Waals surface area contributed by atoms with E-state index < -0.39 is 5.82 Å². The van der Waals surface area contributed by atoms with Gasteiger partial charge in [-0.3, -0.25) is 0 Å². The minimum Gasteiger partial charge on any atom is -0.380 e. The summed E-state index contributed by atoms with van der Waals surface area (Å²) in [6.07, 6.45) is 0.983. The molecule has 1 aliphatic carbocycles. The van der Waals surface area contributed by atoms with Gasteiger partial charge < -0.3 is 10.3 Å². The molecule has 3 nitrogen and oxygen atoms in total. The van der Waals surface area contributed by atoms with E-state index in [4.69, 9.17) is 21.9 Å². The minimum absolute atomic E-state index is 0.0686. The fraction of sp³-hybridized carbons (Fsp3) is 0.357. The predicted molar refractivity (Wildman–Crippen MR) is 72.5 cm³/mol. The van der Waals surface area contributed by atoms with Gasteiger partial charge in [-0.25, -0.2) is 4.39 Å². The van der Waals surface area contributed by atoms with Gasteiger partial charge in [0, 0.05) is 11.5 Å². The van der Waals surface area contributed by atoms with Crippen LogP contribution in [0.1, 0.15) is 31.9 Å². The van der Waals surface area contributed by atoms with Crippen LogP contribution in [0.4, 0.5) is 10.2 Å². The van der Waals surface area contributed by atoms with Crippen LogP contribution in [0.2, 0.25) is 5.02 Å². The zero-order valence-corrected chi connectivity index (χ0v) is 11.5. The number of benzene rings is 1. The van der Waals surface area contributed by atoms with Gasteiger partial charge in [-0.15, -0.1) is 0 Å². The Kier molecular flexibility index (Phi) is 2.61. The molecule has 19 heavy (non-hydrogen) atoms. The van der Waals surface area contributed by atoms with Gasteiger partial charge in [-0.1, -0.05) is 42.7 Å².